The quantitative estimate of drug-likeness (QED) is 0.883. The highest BCUT2D eigenvalue weighted by atomic mass is 35.5. The number of rotatable bonds is 5. The number of hydrogen-bond donors (Lipinski definition) is 1. The van der Waals surface area contributed by atoms with Crippen LogP contribution in [0.2, 0.25) is 5.02 Å². The van der Waals surface area contributed by atoms with Gasteiger partial charge in [-0.25, -0.2) is 0 Å². The van der Waals surface area contributed by atoms with E-state index < -0.39 is 12.1 Å². The monoisotopic (exact) mass is 336 g/mol. The average Bonchev–Trinajstić information content (AvgIpc) is 2.41. The Balaban J connectivity index is 3.00. The number of alkyl halides is 3. The Morgan fingerprint density at radius 3 is 2.36 bits per heavy atom. The molecule has 4 nitrogen and oxygen atoms in total. The molecule has 0 saturated carbocycles. The molecule has 0 spiro atoms. The fourth-order valence-electron chi connectivity index (χ4n) is 1.81. The first-order chi connectivity index (χ1) is 10.2. The number of carbonyl (C=O) groups is 2. The zero-order valence-electron chi connectivity index (χ0n) is 12.1. The molecule has 8 heteroatoms. The van der Waals surface area contributed by atoms with Crippen LogP contribution < -0.4 is 10.2 Å². The Hall–Kier alpha value is -1.76. The molecule has 0 aliphatic heterocycles. The van der Waals surface area contributed by atoms with Gasteiger partial charge in [-0.15, -0.1) is 0 Å². The molecular formula is C14H16ClF3N2O2. The molecule has 0 aliphatic carbocycles. The third-order valence-electron chi connectivity index (χ3n) is 2.82. The van der Waals surface area contributed by atoms with Crippen LogP contribution >= 0.6 is 11.6 Å². The first kappa shape index (κ1) is 18.3. The highest BCUT2D eigenvalue weighted by Crippen LogP contribution is 2.30. The van der Waals surface area contributed by atoms with E-state index in [9.17, 15) is 22.8 Å². The van der Waals surface area contributed by atoms with E-state index in [0.29, 0.717) is 23.4 Å². The first-order valence-electron chi connectivity index (χ1n) is 6.68. The molecule has 0 heterocycles. The molecule has 22 heavy (non-hydrogen) atoms. The van der Waals surface area contributed by atoms with Crippen molar-refractivity contribution in [3.05, 3.63) is 23.2 Å². The van der Waals surface area contributed by atoms with E-state index in [-0.39, 0.29) is 23.2 Å². The first-order valence-corrected chi connectivity index (χ1v) is 7.06. The molecule has 0 aliphatic rings. The smallest absolute Gasteiger partial charge is 0.325 e. The summed E-state index contributed by atoms with van der Waals surface area (Å²) >= 11 is 5.96. The van der Waals surface area contributed by atoms with Gasteiger partial charge in [-0.3, -0.25) is 9.59 Å². The Bertz CT molecular complexity index is 562. The maximum Gasteiger partial charge on any atom is 0.471 e. The second kappa shape index (κ2) is 7.49. The molecule has 1 rings (SSSR count). The van der Waals surface area contributed by atoms with Crippen molar-refractivity contribution in [2.75, 3.05) is 16.8 Å². The van der Waals surface area contributed by atoms with Gasteiger partial charge < -0.3 is 10.2 Å². The minimum absolute atomic E-state index is 0.0170. The van der Waals surface area contributed by atoms with Crippen LogP contribution in [-0.4, -0.2) is 24.5 Å². The third-order valence-corrected chi connectivity index (χ3v) is 3.13. The minimum Gasteiger partial charge on any atom is -0.325 e. The zero-order chi connectivity index (χ0) is 16.9. The fourth-order valence-corrected chi connectivity index (χ4v) is 2.03. The zero-order valence-corrected chi connectivity index (χ0v) is 12.9. The molecule has 0 atom stereocenters. The number of carbonyl (C=O) groups excluding carboxylic acids is 2. The van der Waals surface area contributed by atoms with Crippen molar-refractivity contribution in [3.8, 4) is 0 Å². The van der Waals surface area contributed by atoms with Gasteiger partial charge >= 0.3 is 12.1 Å². The molecule has 1 N–H and O–H groups in total. The summed E-state index contributed by atoms with van der Waals surface area (Å²) in [6.07, 6.45) is -3.99. The summed E-state index contributed by atoms with van der Waals surface area (Å²) in [5.74, 6) is -2.20. The minimum atomic E-state index is -4.96. The molecule has 1 aromatic carbocycles. The number of nitrogens with zero attached hydrogens (tertiary/aromatic N) is 1. The summed E-state index contributed by atoms with van der Waals surface area (Å²) in [6.45, 7) is 3.11. The van der Waals surface area contributed by atoms with Crippen molar-refractivity contribution in [1.29, 1.82) is 0 Å². The lowest BCUT2D eigenvalue weighted by Crippen LogP contribution is -2.41. The summed E-state index contributed by atoms with van der Waals surface area (Å²) in [5, 5.41) is 2.62. The van der Waals surface area contributed by atoms with Gasteiger partial charge in [-0.2, -0.15) is 13.2 Å². The lowest BCUT2D eigenvalue weighted by Gasteiger charge is -2.22. The topological polar surface area (TPSA) is 49.4 Å². The summed E-state index contributed by atoms with van der Waals surface area (Å²) in [6, 6.07) is 3.90. The largest absolute Gasteiger partial charge is 0.471 e. The normalized spacial score (nSPS) is 11.2. The van der Waals surface area contributed by atoms with Gasteiger partial charge in [0.25, 0.3) is 0 Å². The molecule has 1 aromatic rings. The van der Waals surface area contributed by atoms with E-state index in [1.165, 1.54) is 25.1 Å². The lowest BCUT2D eigenvalue weighted by molar-refractivity contribution is -0.170. The van der Waals surface area contributed by atoms with Crippen LogP contribution in [0.25, 0.3) is 0 Å². The van der Waals surface area contributed by atoms with Gasteiger partial charge in [0, 0.05) is 18.7 Å². The van der Waals surface area contributed by atoms with E-state index in [1.807, 2.05) is 6.92 Å². The molecule has 0 aromatic heterocycles. The SMILES string of the molecule is CCCC(=O)Nc1ccc(N(CC)C(=O)C(F)(F)F)cc1Cl. The predicted octanol–water partition coefficient (Wildman–Crippen LogP) is 3.99. The van der Waals surface area contributed by atoms with Gasteiger partial charge in [-0.05, 0) is 31.5 Å². The molecule has 0 fully saturated rings. The van der Waals surface area contributed by atoms with Crippen molar-refractivity contribution >= 4 is 34.8 Å². The third kappa shape index (κ3) is 4.62. The van der Waals surface area contributed by atoms with Crippen LogP contribution in [0.1, 0.15) is 26.7 Å². The number of anilines is 2. The van der Waals surface area contributed by atoms with Crippen molar-refractivity contribution < 1.29 is 22.8 Å². The van der Waals surface area contributed by atoms with E-state index in [0.717, 1.165) is 0 Å². The molecule has 122 valence electrons. The summed E-state index contributed by atoms with van der Waals surface area (Å²) < 4.78 is 37.6. The molecule has 0 bridgehead atoms. The van der Waals surface area contributed by atoms with Gasteiger partial charge in [0.15, 0.2) is 0 Å². The predicted molar refractivity (Wildman–Crippen MR) is 79.1 cm³/mol. The van der Waals surface area contributed by atoms with Gasteiger partial charge in [0.2, 0.25) is 5.91 Å². The van der Waals surface area contributed by atoms with E-state index in [4.69, 9.17) is 11.6 Å². The molecule has 0 radical (unpaired) electrons. The standard InChI is InChI=1S/C14H16ClF3N2O2/c1-3-5-12(21)19-11-7-6-9(8-10(11)15)20(4-2)13(22)14(16,17)18/h6-8H,3-5H2,1-2H3,(H,19,21). The van der Waals surface area contributed by atoms with Crippen molar-refractivity contribution in [3.63, 3.8) is 0 Å². The number of nitrogens with one attached hydrogen (secondary N) is 1. The van der Waals surface area contributed by atoms with Gasteiger partial charge in [-0.1, -0.05) is 18.5 Å². The molecule has 2 amide bonds. The van der Waals surface area contributed by atoms with Crippen molar-refractivity contribution in [2.45, 2.75) is 32.9 Å². The number of hydrogen-bond acceptors (Lipinski definition) is 2. The van der Waals surface area contributed by atoms with Crippen LogP contribution in [0.5, 0.6) is 0 Å². The summed E-state index contributed by atoms with van der Waals surface area (Å²) in [5.41, 5.74) is 0.308. The Morgan fingerprint density at radius 1 is 1.27 bits per heavy atom. The highest BCUT2D eigenvalue weighted by Gasteiger charge is 2.42. The van der Waals surface area contributed by atoms with E-state index in [2.05, 4.69) is 5.32 Å². The van der Waals surface area contributed by atoms with Crippen LogP contribution in [0.15, 0.2) is 18.2 Å². The number of halogens is 4. The van der Waals surface area contributed by atoms with Crippen molar-refractivity contribution in [1.82, 2.24) is 0 Å². The Kier molecular flexibility index (Phi) is 6.22. The number of amides is 2. The fraction of sp³-hybridized carbons (Fsp3) is 0.429. The Labute approximate surface area is 131 Å². The molecule has 0 saturated heterocycles. The van der Waals surface area contributed by atoms with Crippen LogP contribution in [0.4, 0.5) is 24.5 Å². The van der Waals surface area contributed by atoms with Crippen LogP contribution in [0.3, 0.4) is 0 Å². The van der Waals surface area contributed by atoms with Crippen molar-refractivity contribution in [2.24, 2.45) is 0 Å². The second-order valence-electron chi connectivity index (χ2n) is 4.51. The van der Waals surface area contributed by atoms with Crippen LogP contribution in [0, 0.1) is 0 Å². The molecule has 0 unspecified atom stereocenters. The molecular weight excluding hydrogens is 321 g/mol. The lowest BCUT2D eigenvalue weighted by atomic mass is 10.2. The average molecular weight is 337 g/mol. The van der Waals surface area contributed by atoms with E-state index >= 15 is 0 Å². The highest BCUT2D eigenvalue weighted by molar-refractivity contribution is 6.34. The summed E-state index contributed by atoms with van der Waals surface area (Å²) in [7, 11) is 0. The maximum atomic E-state index is 12.5. The van der Waals surface area contributed by atoms with Gasteiger partial charge in [0.05, 0.1) is 10.7 Å². The number of benzene rings is 1. The van der Waals surface area contributed by atoms with Gasteiger partial charge in [0.1, 0.15) is 0 Å². The Morgan fingerprint density at radius 2 is 1.91 bits per heavy atom. The summed E-state index contributed by atoms with van der Waals surface area (Å²) in [4.78, 5) is 23.4. The van der Waals surface area contributed by atoms with Crippen LogP contribution in [-0.2, 0) is 9.59 Å². The second-order valence-corrected chi connectivity index (χ2v) is 4.92. The van der Waals surface area contributed by atoms with E-state index in [1.54, 1.807) is 0 Å². The maximum absolute atomic E-state index is 12.5.